The van der Waals surface area contributed by atoms with Crippen LogP contribution in [0.5, 0.6) is 5.75 Å². The Labute approximate surface area is 180 Å². The highest BCUT2D eigenvalue weighted by atomic mass is 19.3. The minimum atomic E-state index is -2.57. The number of carbonyl (C=O) groups excluding carboxylic acids is 1. The minimum Gasteiger partial charge on any atom is -0.493 e. The number of amides is 1. The molecular formula is C22H19F4N3O3. The van der Waals surface area contributed by atoms with Gasteiger partial charge < -0.3 is 19.4 Å². The Kier molecular flexibility index (Phi) is 5.24. The number of nitrogens with zero attached hydrogens (tertiary/aromatic N) is 2. The lowest BCUT2D eigenvalue weighted by molar-refractivity contribution is -0.145. The summed E-state index contributed by atoms with van der Waals surface area (Å²) in [6.07, 6.45) is -1.60. The van der Waals surface area contributed by atoms with Crippen LogP contribution >= 0.6 is 0 Å². The standard InChI is InChI=1S/C22H19F4N3O3/c23-14-6-13(32-4-3-18(25)26)7-15(24)20(14)21-19(11-8-31-9-11)22(30)29(21)12-1-2-16-17(5-12)28-10-27-16/h1-2,5-7,10-11,18-19,21H,3-4,8-9H2,(H,27,28)/t19-,21-/m1/s1. The van der Waals surface area contributed by atoms with E-state index in [2.05, 4.69) is 9.97 Å². The maximum Gasteiger partial charge on any atom is 0.241 e. The van der Waals surface area contributed by atoms with Crippen molar-refractivity contribution in [3.8, 4) is 5.75 Å². The van der Waals surface area contributed by atoms with E-state index in [4.69, 9.17) is 9.47 Å². The molecule has 0 bridgehead atoms. The first-order chi connectivity index (χ1) is 15.4. The average Bonchev–Trinajstić information content (AvgIpc) is 3.17. The van der Waals surface area contributed by atoms with Gasteiger partial charge in [0.2, 0.25) is 12.3 Å². The van der Waals surface area contributed by atoms with Crippen LogP contribution in [0, 0.1) is 23.5 Å². The van der Waals surface area contributed by atoms with Gasteiger partial charge in [-0.25, -0.2) is 22.5 Å². The van der Waals surface area contributed by atoms with E-state index in [1.165, 1.54) is 11.2 Å². The number of rotatable bonds is 7. The molecule has 6 nitrogen and oxygen atoms in total. The van der Waals surface area contributed by atoms with Crippen molar-refractivity contribution < 1.29 is 31.8 Å². The van der Waals surface area contributed by atoms with Crippen molar-refractivity contribution in [3.05, 3.63) is 53.9 Å². The quantitative estimate of drug-likeness (QED) is 0.433. The molecule has 3 aromatic rings. The fraction of sp³-hybridized carbons (Fsp3) is 0.364. The summed E-state index contributed by atoms with van der Waals surface area (Å²) >= 11 is 0. The van der Waals surface area contributed by atoms with Crippen LogP contribution in [-0.4, -0.2) is 42.1 Å². The number of anilines is 1. The van der Waals surface area contributed by atoms with Gasteiger partial charge in [-0.05, 0) is 18.2 Å². The normalized spacial score (nSPS) is 21.2. The van der Waals surface area contributed by atoms with Crippen LogP contribution in [0.25, 0.3) is 11.0 Å². The van der Waals surface area contributed by atoms with E-state index in [9.17, 15) is 13.6 Å². The highest BCUT2D eigenvalue weighted by molar-refractivity contribution is 6.04. The van der Waals surface area contributed by atoms with Crippen molar-refractivity contribution in [2.75, 3.05) is 24.7 Å². The zero-order chi connectivity index (χ0) is 22.4. The van der Waals surface area contributed by atoms with Crippen LogP contribution in [0.3, 0.4) is 0 Å². The summed E-state index contributed by atoms with van der Waals surface area (Å²) in [5.41, 5.74) is 1.61. The molecule has 1 N–H and O–H groups in total. The number of halogens is 4. The van der Waals surface area contributed by atoms with Crippen LogP contribution in [0.4, 0.5) is 23.2 Å². The maximum absolute atomic E-state index is 15.1. The molecule has 1 aromatic heterocycles. The lowest BCUT2D eigenvalue weighted by Gasteiger charge is -2.52. The second-order valence-electron chi connectivity index (χ2n) is 7.91. The van der Waals surface area contributed by atoms with Gasteiger partial charge in [-0.2, -0.15) is 0 Å². The van der Waals surface area contributed by atoms with Crippen molar-refractivity contribution in [1.29, 1.82) is 0 Å². The van der Waals surface area contributed by atoms with Crippen molar-refractivity contribution in [1.82, 2.24) is 9.97 Å². The van der Waals surface area contributed by atoms with Gasteiger partial charge in [-0.3, -0.25) is 4.79 Å². The number of benzene rings is 2. The summed E-state index contributed by atoms with van der Waals surface area (Å²) in [4.78, 5) is 21.6. The number of ether oxygens (including phenoxy) is 2. The minimum absolute atomic E-state index is 0.140. The third-order valence-electron chi connectivity index (χ3n) is 5.95. The Morgan fingerprint density at radius 2 is 1.94 bits per heavy atom. The topological polar surface area (TPSA) is 67.5 Å². The van der Waals surface area contributed by atoms with E-state index in [0.29, 0.717) is 24.4 Å². The van der Waals surface area contributed by atoms with Crippen LogP contribution in [0.1, 0.15) is 18.0 Å². The van der Waals surface area contributed by atoms with Gasteiger partial charge in [-0.1, -0.05) is 0 Å². The summed E-state index contributed by atoms with van der Waals surface area (Å²) in [5.74, 6) is -2.99. The first-order valence-electron chi connectivity index (χ1n) is 10.2. The molecule has 3 heterocycles. The number of imidazole rings is 1. The first-order valence-corrected chi connectivity index (χ1v) is 10.2. The van der Waals surface area contributed by atoms with E-state index in [-0.39, 0.29) is 29.7 Å². The Morgan fingerprint density at radius 3 is 2.59 bits per heavy atom. The fourth-order valence-corrected chi connectivity index (χ4v) is 4.29. The van der Waals surface area contributed by atoms with Gasteiger partial charge in [0.1, 0.15) is 17.4 Å². The molecule has 5 rings (SSSR count). The zero-order valence-corrected chi connectivity index (χ0v) is 16.7. The number of hydrogen-bond acceptors (Lipinski definition) is 4. The SMILES string of the molecule is O=C1[C@H](C2COC2)[C@H](c2c(F)cc(OCCC(F)F)cc2F)N1c1ccc2[nH]cnc2c1. The molecule has 0 spiro atoms. The molecule has 0 unspecified atom stereocenters. The van der Waals surface area contributed by atoms with Crippen molar-refractivity contribution >= 4 is 22.6 Å². The summed E-state index contributed by atoms with van der Waals surface area (Å²) in [6, 6.07) is 6.18. The van der Waals surface area contributed by atoms with Crippen LogP contribution in [-0.2, 0) is 9.53 Å². The molecule has 32 heavy (non-hydrogen) atoms. The highest BCUT2D eigenvalue weighted by Crippen LogP contribution is 2.50. The Balaban J connectivity index is 1.49. The molecule has 2 aliphatic heterocycles. The molecule has 0 aliphatic carbocycles. The van der Waals surface area contributed by atoms with Crippen molar-refractivity contribution in [2.24, 2.45) is 11.8 Å². The van der Waals surface area contributed by atoms with Gasteiger partial charge in [0.25, 0.3) is 0 Å². The molecule has 2 saturated heterocycles. The first kappa shape index (κ1) is 20.7. The predicted octanol–water partition coefficient (Wildman–Crippen LogP) is 4.23. The van der Waals surface area contributed by atoms with E-state index >= 15 is 8.78 Å². The Bertz CT molecular complexity index is 1140. The largest absolute Gasteiger partial charge is 0.493 e. The van der Waals surface area contributed by atoms with E-state index < -0.39 is 36.4 Å². The highest BCUT2D eigenvalue weighted by Gasteiger charge is 2.55. The number of fused-ring (bicyclic) bond motifs is 1. The number of alkyl halides is 2. The second kappa shape index (κ2) is 8.09. The van der Waals surface area contributed by atoms with E-state index in [1.54, 1.807) is 18.2 Å². The summed E-state index contributed by atoms with van der Waals surface area (Å²) in [5, 5.41) is 0. The Hall–Kier alpha value is -3.14. The van der Waals surface area contributed by atoms with Crippen LogP contribution in [0.15, 0.2) is 36.7 Å². The molecule has 1 amide bonds. The molecule has 0 saturated carbocycles. The zero-order valence-electron chi connectivity index (χ0n) is 16.7. The van der Waals surface area contributed by atoms with Crippen molar-refractivity contribution in [2.45, 2.75) is 18.9 Å². The average molecular weight is 449 g/mol. The number of aromatic nitrogens is 2. The molecule has 168 valence electrons. The molecule has 10 heteroatoms. The lowest BCUT2D eigenvalue weighted by Crippen LogP contribution is -2.61. The van der Waals surface area contributed by atoms with Gasteiger partial charge >= 0.3 is 0 Å². The summed E-state index contributed by atoms with van der Waals surface area (Å²) in [6.45, 7) is 0.323. The molecular weight excluding hydrogens is 430 g/mol. The molecule has 0 radical (unpaired) electrons. The van der Waals surface area contributed by atoms with Gasteiger partial charge in [-0.15, -0.1) is 0 Å². The van der Waals surface area contributed by atoms with Gasteiger partial charge in [0, 0.05) is 35.7 Å². The number of carbonyl (C=O) groups is 1. The third-order valence-corrected chi connectivity index (χ3v) is 5.95. The summed E-state index contributed by atoms with van der Waals surface area (Å²) in [7, 11) is 0. The fourth-order valence-electron chi connectivity index (χ4n) is 4.29. The number of aromatic amines is 1. The summed E-state index contributed by atoms with van der Waals surface area (Å²) < 4.78 is 65.1. The number of nitrogens with one attached hydrogen (secondary N) is 1. The second-order valence-corrected chi connectivity index (χ2v) is 7.91. The Morgan fingerprint density at radius 1 is 1.19 bits per heavy atom. The van der Waals surface area contributed by atoms with Gasteiger partial charge in [0.15, 0.2) is 0 Å². The monoisotopic (exact) mass is 449 g/mol. The number of H-pyrrole nitrogens is 1. The molecule has 2 fully saturated rings. The van der Waals surface area contributed by atoms with Crippen LogP contribution in [0.2, 0.25) is 0 Å². The molecule has 2 aromatic carbocycles. The number of hydrogen-bond donors (Lipinski definition) is 1. The third kappa shape index (κ3) is 3.48. The van der Waals surface area contributed by atoms with Gasteiger partial charge in [0.05, 0.1) is 49.1 Å². The molecule has 2 atom stereocenters. The van der Waals surface area contributed by atoms with Crippen molar-refractivity contribution in [3.63, 3.8) is 0 Å². The van der Waals surface area contributed by atoms with E-state index in [1.807, 2.05) is 0 Å². The van der Waals surface area contributed by atoms with Crippen LogP contribution < -0.4 is 9.64 Å². The lowest BCUT2D eigenvalue weighted by atomic mass is 9.72. The number of β-lactam (4-membered cyclic amide) rings is 1. The van der Waals surface area contributed by atoms with E-state index in [0.717, 1.165) is 17.6 Å². The smallest absolute Gasteiger partial charge is 0.241 e. The predicted molar refractivity (Wildman–Crippen MR) is 107 cm³/mol. The molecule has 2 aliphatic rings. The maximum atomic E-state index is 15.1.